The fraction of sp³-hybridized carbons (Fsp3) is 0.500. The summed E-state index contributed by atoms with van der Waals surface area (Å²) in [4.78, 5) is 8.02. The van der Waals surface area contributed by atoms with Gasteiger partial charge in [-0.3, -0.25) is 4.99 Å². The molecule has 0 spiro atoms. The van der Waals surface area contributed by atoms with Crippen LogP contribution in [-0.2, 0) is 11.2 Å². The summed E-state index contributed by atoms with van der Waals surface area (Å²) in [6.07, 6.45) is 3.07. The Kier molecular flexibility index (Phi) is 6.91. The van der Waals surface area contributed by atoms with Gasteiger partial charge in [-0.25, -0.2) is 0 Å². The van der Waals surface area contributed by atoms with E-state index in [2.05, 4.69) is 59.9 Å². The molecule has 1 saturated heterocycles. The summed E-state index contributed by atoms with van der Waals surface area (Å²) in [5.41, 5.74) is 2.74. The first-order valence-electron chi connectivity index (χ1n) is 8.35. The Morgan fingerprint density at radius 3 is 2.79 bits per heavy atom. The number of hydrogen-bond acceptors (Lipinski definition) is 2. The van der Waals surface area contributed by atoms with Gasteiger partial charge in [-0.15, -0.1) is 24.0 Å². The van der Waals surface area contributed by atoms with E-state index in [4.69, 9.17) is 9.73 Å². The Bertz CT molecular complexity index is 678. The van der Waals surface area contributed by atoms with Gasteiger partial charge in [-0.2, -0.15) is 0 Å². The van der Waals surface area contributed by atoms with Crippen LogP contribution in [0, 0.1) is 5.41 Å². The smallest absolute Gasteiger partial charge is 0.191 e. The molecule has 132 valence electrons. The van der Waals surface area contributed by atoms with Crippen LogP contribution in [0.2, 0.25) is 0 Å². The van der Waals surface area contributed by atoms with Gasteiger partial charge in [0.15, 0.2) is 5.96 Å². The van der Waals surface area contributed by atoms with E-state index in [1.165, 1.54) is 16.5 Å². The summed E-state index contributed by atoms with van der Waals surface area (Å²) >= 11 is 0. The first-order valence-corrected chi connectivity index (χ1v) is 8.35. The Morgan fingerprint density at radius 2 is 2.08 bits per heavy atom. The molecule has 3 N–H and O–H groups in total. The molecule has 0 saturated carbocycles. The van der Waals surface area contributed by atoms with Crippen LogP contribution in [0.3, 0.4) is 0 Å². The van der Waals surface area contributed by atoms with Crippen LogP contribution in [0.15, 0.2) is 35.5 Å². The summed E-state index contributed by atoms with van der Waals surface area (Å²) < 4.78 is 5.29. The van der Waals surface area contributed by atoms with E-state index in [1.807, 2.05) is 0 Å². The summed E-state index contributed by atoms with van der Waals surface area (Å²) in [5, 5.41) is 8.04. The van der Waals surface area contributed by atoms with Gasteiger partial charge in [0.2, 0.25) is 0 Å². The van der Waals surface area contributed by atoms with Crippen molar-refractivity contribution >= 4 is 40.8 Å². The first-order chi connectivity index (χ1) is 11.2. The van der Waals surface area contributed by atoms with Crippen LogP contribution in [0.4, 0.5) is 0 Å². The van der Waals surface area contributed by atoms with Crippen LogP contribution in [0.25, 0.3) is 10.9 Å². The highest BCUT2D eigenvalue weighted by Gasteiger charge is 2.33. The maximum atomic E-state index is 5.29. The molecule has 0 bridgehead atoms. The molecular weight excluding hydrogens is 415 g/mol. The number of nitrogens with one attached hydrogen (secondary N) is 3. The van der Waals surface area contributed by atoms with Gasteiger partial charge in [0.05, 0.1) is 19.8 Å². The van der Waals surface area contributed by atoms with Crippen molar-refractivity contribution in [2.75, 3.05) is 32.8 Å². The number of guanidine groups is 1. The third-order valence-electron chi connectivity index (χ3n) is 4.23. The number of H-pyrrole nitrogens is 1. The van der Waals surface area contributed by atoms with Crippen LogP contribution in [-0.4, -0.2) is 43.8 Å². The molecule has 3 rings (SSSR count). The van der Waals surface area contributed by atoms with Crippen molar-refractivity contribution in [3.05, 3.63) is 36.0 Å². The maximum absolute atomic E-state index is 5.29. The summed E-state index contributed by atoms with van der Waals surface area (Å²) in [5.74, 6) is 0.889. The molecule has 1 aliphatic heterocycles. The number of para-hydroxylation sites is 1. The molecule has 0 radical (unpaired) electrons. The van der Waals surface area contributed by atoms with Gasteiger partial charge in [-0.05, 0) is 25.0 Å². The Hall–Kier alpha value is -1.28. The Balaban J connectivity index is 0.00000208. The number of nitrogens with zero attached hydrogens (tertiary/aromatic N) is 1. The van der Waals surface area contributed by atoms with Crippen molar-refractivity contribution in [1.82, 2.24) is 15.6 Å². The lowest BCUT2D eigenvalue weighted by molar-refractivity contribution is -0.0945. The molecule has 6 heteroatoms. The zero-order chi connectivity index (χ0) is 16.1. The lowest BCUT2D eigenvalue weighted by Gasteiger charge is -2.36. The molecule has 1 fully saturated rings. The highest BCUT2D eigenvalue weighted by molar-refractivity contribution is 14.0. The normalized spacial score (nSPS) is 16.3. The third kappa shape index (κ3) is 4.63. The minimum Gasteiger partial charge on any atom is -0.380 e. The zero-order valence-corrected chi connectivity index (χ0v) is 16.7. The molecule has 5 nitrogen and oxygen atoms in total. The van der Waals surface area contributed by atoms with Crippen molar-refractivity contribution in [1.29, 1.82) is 0 Å². The quantitative estimate of drug-likeness (QED) is 0.366. The Labute approximate surface area is 160 Å². The molecule has 0 amide bonds. The van der Waals surface area contributed by atoms with E-state index >= 15 is 0 Å². The van der Waals surface area contributed by atoms with E-state index in [1.54, 1.807) is 0 Å². The van der Waals surface area contributed by atoms with Gasteiger partial charge in [0.1, 0.15) is 0 Å². The number of benzene rings is 1. The number of halogens is 1. The summed E-state index contributed by atoms with van der Waals surface area (Å²) in [6.45, 7) is 8.46. The molecule has 0 aliphatic carbocycles. The van der Waals surface area contributed by atoms with Gasteiger partial charge >= 0.3 is 0 Å². The van der Waals surface area contributed by atoms with Gasteiger partial charge in [0, 0.05) is 35.6 Å². The second-order valence-electron chi connectivity index (χ2n) is 6.53. The molecule has 1 aromatic carbocycles. The fourth-order valence-corrected chi connectivity index (χ4v) is 2.81. The minimum absolute atomic E-state index is 0. The second kappa shape index (κ2) is 8.71. The maximum Gasteiger partial charge on any atom is 0.191 e. The van der Waals surface area contributed by atoms with Crippen LogP contribution in [0.5, 0.6) is 0 Å². The number of fused-ring (bicyclic) bond motifs is 1. The SMILES string of the molecule is CCNC(=NCC1(C)COC1)NCCc1c[nH]c2ccccc12.I. The topological polar surface area (TPSA) is 61.4 Å². The summed E-state index contributed by atoms with van der Waals surface area (Å²) in [7, 11) is 0. The first kappa shape index (κ1) is 19.1. The lowest BCUT2D eigenvalue weighted by atomic mass is 9.89. The largest absolute Gasteiger partial charge is 0.380 e. The van der Waals surface area contributed by atoms with Gasteiger partial charge < -0.3 is 20.4 Å². The predicted octanol–water partition coefficient (Wildman–Crippen LogP) is 2.92. The van der Waals surface area contributed by atoms with Gasteiger partial charge in [-0.1, -0.05) is 25.1 Å². The van der Waals surface area contributed by atoms with Crippen molar-refractivity contribution < 1.29 is 4.74 Å². The highest BCUT2D eigenvalue weighted by atomic mass is 127. The van der Waals surface area contributed by atoms with E-state index < -0.39 is 0 Å². The number of aromatic amines is 1. The molecular formula is C18H27IN4O. The minimum atomic E-state index is 0. The van der Waals surface area contributed by atoms with E-state index in [0.717, 1.165) is 45.2 Å². The van der Waals surface area contributed by atoms with E-state index in [0.29, 0.717) is 0 Å². The fourth-order valence-electron chi connectivity index (χ4n) is 2.81. The molecule has 1 aliphatic rings. The molecule has 0 atom stereocenters. The predicted molar refractivity (Wildman–Crippen MR) is 110 cm³/mol. The average Bonchev–Trinajstić information content (AvgIpc) is 2.94. The number of aromatic nitrogens is 1. The van der Waals surface area contributed by atoms with Gasteiger partial charge in [0.25, 0.3) is 0 Å². The standard InChI is InChI=1S/C18H26N4O.HI/c1-3-19-17(22-11-18(2)12-23-13-18)20-9-8-14-10-21-16-7-5-4-6-15(14)16;/h4-7,10,21H,3,8-9,11-13H2,1-2H3,(H2,19,20,22);1H. The summed E-state index contributed by atoms with van der Waals surface area (Å²) in [6, 6.07) is 8.42. The number of hydrogen-bond donors (Lipinski definition) is 3. The van der Waals surface area contributed by atoms with Crippen molar-refractivity contribution in [3.8, 4) is 0 Å². The molecule has 1 aromatic heterocycles. The van der Waals surface area contributed by atoms with Crippen molar-refractivity contribution in [2.45, 2.75) is 20.3 Å². The van der Waals surface area contributed by atoms with Crippen LogP contribution >= 0.6 is 24.0 Å². The zero-order valence-electron chi connectivity index (χ0n) is 14.4. The van der Waals surface area contributed by atoms with Crippen LogP contribution < -0.4 is 10.6 Å². The van der Waals surface area contributed by atoms with Crippen molar-refractivity contribution in [3.63, 3.8) is 0 Å². The second-order valence-corrected chi connectivity index (χ2v) is 6.53. The van der Waals surface area contributed by atoms with Crippen molar-refractivity contribution in [2.24, 2.45) is 10.4 Å². The number of rotatable bonds is 6. The lowest BCUT2D eigenvalue weighted by Crippen LogP contribution is -2.44. The van der Waals surface area contributed by atoms with Crippen LogP contribution in [0.1, 0.15) is 19.4 Å². The highest BCUT2D eigenvalue weighted by Crippen LogP contribution is 2.26. The molecule has 2 aromatic rings. The Morgan fingerprint density at radius 1 is 1.29 bits per heavy atom. The van der Waals surface area contributed by atoms with E-state index in [-0.39, 0.29) is 29.4 Å². The number of ether oxygens (including phenoxy) is 1. The monoisotopic (exact) mass is 442 g/mol. The average molecular weight is 442 g/mol. The molecule has 2 heterocycles. The number of aliphatic imine (C=N–C) groups is 1. The van der Waals surface area contributed by atoms with E-state index in [9.17, 15) is 0 Å². The molecule has 0 unspecified atom stereocenters. The molecule has 24 heavy (non-hydrogen) atoms. The third-order valence-corrected chi connectivity index (χ3v) is 4.23.